The van der Waals surface area contributed by atoms with Gasteiger partial charge in [0.2, 0.25) is 0 Å². The number of aromatic nitrogens is 3. The molecule has 5 heteroatoms. The highest BCUT2D eigenvalue weighted by Crippen LogP contribution is 2.49. The molecular weight excluding hydrogens is 687 g/mol. The van der Waals surface area contributed by atoms with Crippen LogP contribution in [0.2, 0.25) is 0 Å². The molecule has 3 heterocycles. The van der Waals surface area contributed by atoms with Crippen molar-refractivity contribution < 1.29 is 9.15 Å². The van der Waals surface area contributed by atoms with Gasteiger partial charge in [-0.2, -0.15) is 0 Å². The molecule has 2 aliphatic rings. The van der Waals surface area contributed by atoms with Crippen LogP contribution in [-0.2, 0) is 0 Å². The summed E-state index contributed by atoms with van der Waals surface area (Å²) < 4.78 is 13.2. The summed E-state index contributed by atoms with van der Waals surface area (Å²) in [7, 11) is 0. The number of hydrogen-bond acceptors (Lipinski definition) is 5. The maximum atomic E-state index is 6.66. The third-order valence-corrected chi connectivity index (χ3v) is 11.5. The summed E-state index contributed by atoms with van der Waals surface area (Å²) in [6.45, 7) is 0. The first-order chi connectivity index (χ1) is 27.7. The SMILES string of the molecule is C1=CC2Oc3cccc(-c4nc(-c5ccccc5)nc(-c5cc6ccccc6c6ccccc56)n4)c3C2C=C1c1cccc2oc3c4ccccc4ccc3c12. The Balaban J connectivity index is 1.04. The van der Waals surface area contributed by atoms with E-state index in [9.17, 15) is 0 Å². The van der Waals surface area contributed by atoms with Crippen molar-refractivity contribution in [3.05, 3.63) is 187 Å². The molecule has 0 saturated heterocycles. The molecule has 0 spiro atoms. The van der Waals surface area contributed by atoms with Crippen LogP contribution in [0.1, 0.15) is 17.0 Å². The van der Waals surface area contributed by atoms with Crippen LogP contribution in [0, 0.1) is 0 Å². The average molecular weight is 718 g/mol. The van der Waals surface area contributed by atoms with E-state index in [-0.39, 0.29) is 12.0 Å². The lowest BCUT2D eigenvalue weighted by Gasteiger charge is -2.20. The standard InChI is InChI=1S/C51H31N3O2/c1-2-13-31(14-3-1)49-52-50(54-51(53-49)41-28-32-15-5-6-16-34(32)37-18-8-9-19-38(37)41)40-21-11-22-44-47(40)42-29-33(25-27-43(42)55-44)35-20-10-23-45-46(35)39-26-24-30-12-4-7-17-36(30)48(39)56-45/h1-29,42-43H. The minimum atomic E-state index is -0.154. The first kappa shape index (κ1) is 31.0. The molecule has 0 amide bonds. The molecule has 0 radical (unpaired) electrons. The predicted octanol–water partition coefficient (Wildman–Crippen LogP) is 12.7. The summed E-state index contributed by atoms with van der Waals surface area (Å²) in [5, 5.41) is 9.12. The van der Waals surface area contributed by atoms with Crippen LogP contribution in [0.4, 0.5) is 0 Å². The number of benzene rings is 8. The van der Waals surface area contributed by atoms with E-state index < -0.39 is 0 Å². The lowest BCUT2D eigenvalue weighted by molar-refractivity contribution is 0.269. The topological polar surface area (TPSA) is 61.0 Å². The quantitative estimate of drug-likeness (QED) is 0.170. The highest BCUT2D eigenvalue weighted by Gasteiger charge is 2.37. The molecule has 56 heavy (non-hydrogen) atoms. The second kappa shape index (κ2) is 12.1. The third-order valence-electron chi connectivity index (χ3n) is 11.5. The zero-order valence-electron chi connectivity index (χ0n) is 30.1. The van der Waals surface area contributed by atoms with E-state index in [1.54, 1.807) is 0 Å². The molecule has 0 fully saturated rings. The number of furan rings is 1. The smallest absolute Gasteiger partial charge is 0.164 e. The Kier molecular flexibility index (Phi) is 6.69. The molecule has 2 aromatic heterocycles. The van der Waals surface area contributed by atoms with Gasteiger partial charge < -0.3 is 9.15 Å². The lowest BCUT2D eigenvalue weighted by atomic mass is 9.84. The molecule has 1 aliphatic carbocycles. The van der Waals surface area contributed by atoms with E-state index in [2.05, 4.69) is 152 Å². The Morgan fingerprint density at radius 1 is 0.482 bits per heavy atom. The van der Waals surface area contributed by atoms with Gasteiger partial charge in [0, 0.05) is 44.3 Å². The van der Waals surface area contributed by atoms with Gasteiger partial charge >= 0.3 is 0 Å². The van der Waals surface area contributed by atoms with Crippen molar-refractivity contribution in [3.63, 3.8) is 0 Å². The van der Waals surface area contributed by atoms with Gasteiger partial charge in [-0.05, 0) is 68.4 Å². The van der Waals surface area contributed by atoms with Crippen molar-refractivity contribution in [2.45, 2.75) is 12.0 Å². The zero-order chi connectivity index (χ0) is 36.7. The van der Waals surface area contributed by atoms with E-state index in [0.717, 1.165) is 82.6 Å². The van der Waals surface area contributed by atoms with Crippen LogP contribution < -0.4 is 4.74 Å². The Morgan fingerprint density at radius 2 is 1.18 bits per heavy atom. The zero-order valence-corrected chi connectivity index (χ0v) is 30.1. The molecule has 0 saturated carbocycles. The van der Waals surface area contributed by atoms with Gasteiger partial charge in [0.05, 0.1) is 0 Å². The molecule has 10 aromatic rings. The lowest BCUT2D eigenvalue weighted by Crippen LogP contribution is -2.17. The van der Waals surface area contributed by atoms with Gasteiger partial charge in [0.25, 0.3) is 0 Å². The van der Waals surface area contributed by atoms with E-state index in [1.807, 2.05) is 24.3 Å². The number of hydrogen-bond donors (Lipinski definition) is 0. The number of allylic oxidation sites excluding steroid dienone is 2. The van der Waals surface area contributed by atoms with Gasteiger partial charge in [-0.15, -0.1) is 0 Å². The molecular formula is C51H31N3O2. The number of rotatable bonds is 4. The van der Waals surface area contributed by atoms with E-state index in [1.165, 1.54) is 10.8 Å². The van der Waals surface area contributed by atoms with Crippen molar-refractivity contribution in [1.29, 1.82) is 0 Å². The fourth-order valence-corrected chi connectivity index (χ4v) is 8.90. The minimum absolute atomic E-state index is 0.0580. The number of fused-ring (bicyclic) bond motifs is 11. The van der Waals surface area contributed by atoms with Crippen LogP contribution in [-0.4, -0.2) is 21.1 Å². The fourth-order valence-electron chi connectivity index (χ4n) is 8.90. The predicted molar refractivity (Wildman–Crippen MR) is 227 cm³/mol. The van der Waals surface area contributed by atoms with E-state index in [0.29, 0.717) is 17.5 Å². The second-order valence-corrected chi connectivity index (χ2v) is 14.6. The largest absolute Gasteiger partial charge is 0.485 e. The third kappa shape index (κ3) is 4.71. The molecule has 2 atom stereocenters. The van der Waals surface area contributed by atoms with Gasteiger partial charge in [-0.1, -0.05) is 146 Å². The van der Waals surface area contributed by atoms with Gasteiger partial charge in [-0.25, -0.2) is 15.0 Å². The van der Waals surface area contributed by atoms with Crippen LogP contribution in [0.25, 0.3) is 94.0 Å². The van der Waals surface area contributed by atoms with Crippen molar-refractivity contribution in [2.24, 2.45) is 0 Å². The molecule has 0 bridgehead atoms. The van der Waals surface area contributed by atoms with Crippen molar-refractivity contribution in [3.8, 4) is 39.9 Å². The molecule has 1 aliphatic heterocycles. The minimum Gasteiger partial charge on any atom is -0.485 e. The summed E-state index contributed by atoms with van der Waals surface area (Å²) in [6.07, 6.45) is 6.58. The monoisotopic (exact) mass is 717 g/mol. The Morgan fingerprint density at radius 3 is 2.05 bits per heavy atom. The summed E-state index contributed by atoms with van der Waals surface area (Å²) in [6, 6.07) is 54.8. The first-order valence-corrected chi connectivity index (χ1v) is 19.0. The van der Waals surface area contributed by atoms with Crippen molar-refractivity contribution >= 4 is 59.8 Å². The summed E-state index contributed by atoms with van der Waals surface area (Å²) in [5.74, 6) is 2.66. The van der Waals surface area contributed by atoms with Crippen LogP contribution in [0.3, 0.4) is 0 Å². The van der Waals surface area contributed by atoms with Gasteiger partial charge in [0.15, 0.2) is 17.5 Å². The maximum absolute atomic E-state index is 6.66. The maximum Gasteiger partial charge on any atom is 0.164 e. The van der Waals surface area contributed by atoms with Crippen LogP contribution in [0.5, 0.6) is 5.75 Å². The number of nitrogens with zero attached hydrogens (tertiary/aromatic N) is 3. The summed E-state index contributed by atoms with van der Waals surface area (Å²) in [4.78, 5) is 15.7. The van der Waals surface area contributed by atoms with Gasteiger partial charge in [0.1, 0.15) is 23.0 Å². The van der Waals surface area contributed by atoms with Gasteiger partial charge in [-0.3, -0.25) is 0 Å². The Hall–Kier alpha value is -7.37. The Bertz CT molecular complexity index is 3310. The molecule has 12 rings (SSSR count). The van der Waals surface area contributed by atoms with Crippen molar-refractivity contribution in [1.82, 2.24) is 15.0 Å². The molecule has 0 N–H and O–H groups in total. The van der Waals surface area contributed by atoms with Crippen LogP contribution in [0.15, 0.2) is 180 Å². The molecule has 2 unspecified atom stereocenters. The highest BCUT2D eigenvalue weighted by atomic mass is 16.5. The molecule has 8 aromatic carbocycles. The number of ether oxygens (including phenoxy) is 1. The summed E-state index contributed by atoms with van der Waals surface area (Å²) >= 11 is 0. The van der Waals surface area contributed by atoms with Crippen molar-refractivity contribution in [2.75, 3.05) is 0 Å². The molecule has 5 nitrogen and oxygen atoms in total. The highest BCUT2D eigenvalue weighted by molar-refractivity contribution is 6.18. The molecule has 262 valence electrons. The summed E-state index contributed by atoms with van der Waals surface area (Å²) in [5.41, 5.74) is 7.97. The Labute approximate surface area is 321 Å². The van der Waals surface area contributed by atoms with E-state index in [4.69, 9.17) is 24.1 Å². The van der Waals surface area contributed by atoms with Crippen LogP contribution >= 0.6 is 0 Å². The first-order valence-electron chi connectivity index (χ1n) is 19.0. The van der Waals surface area contributed by atoms with E-state index >= 15 is 0 Å². The fraction of sp³-hybridized carbons (Fsp3) is 0.0392. The second-order valence-electron chi connectivity index (χ2n) is 14.6. The normalized spacial score (nSPS) is 16.0. The average Bonchev–Trinajstić information content (AvgIpc) is 3.85.